The zero-order valence-electron chi connectivity index (χ0n) is 36.9. The zero-order chi connectivity index (χ0) is 43.3. The predicted molar refractivity (Wildman–Crippen MR) is 276 cm³/mol. The van der Waals surface area contributed by atoms with Crippen LogP contribution in [0.4, 0.5) is 17.1 Å². The van der Waals surface area contributed by atoms with Crippen molar-refractivity contribution in [3.05, 3.63) is 247 Å². The second kappa shape index (κ2) is 16.3. The Kier molecular flexibility index (Phi) is 9.79. The first kappa shape index (κ1) is 39.1. The maximum Gasteiger partial charge on any atom is 0.0540 e. The number of para-hydroxylation sites is 2. The third kappa shape index (κ3) is 6.52. The molecule has 0 radical (unpaired) electrons. The summed E-state index contributed by atoms with van der Waals surface area (Å²) in [5.74, 6) is 0.566. The Bertz CT molecular complexity index is 3370. The van der Waals surface area contributed by atoms with Gasteiger partial charge in [0.05, 0.1) is 11.4 Å². The molecule has 0 saturated heterocycles. The van der Waals surface area contributed by atoms with Gasteiger partial charge in [-0.05, 0) is 127 Å². The van der Waals surface area contributed by atoms with Gasteiger partial charge < -0.3 is 4.90 Å². The molecule has 312 valence electrons. The highest BCUT2D eigenvalue weighted by Crippen LogP contribution is 2.55. The zero-order valence-corrected chi connectivity index (χ0v) is 36.9. The van der Waals surface area contributed by atoms with Crippen molar-refractivity contribution in [2.24, 2.45) is 0 Å². The highest BCUT2D eigenvalue weighted by molar-refractivity contribution is 6.10. The lowest BCUT2D eigenvalue weighted by Gasteiger charge is -2.33. The number of hydrogen-bond acceptors (Lipinski definition) is 1. The van der Waals surface area contributed by atoms with Crippen LogP contribution in [0.5, 0.6) is 0 Å². The van der Waals surface area contributed by atoms with Crippen LogP contribution >= 0.6 is 0 Å². The molecule has 0 amide bonds. The standard InChI is InChI=1S/C64H51N/c1-64(48-29-9-4-10-30-48)58-38-14-11-31-52(58)53-42-41-49(43-59(53)64)65(60-39-15-12-32-54(60)56-36-19-27-46-25-17-34-50(62(46)56)44-21-5-2-6-22-44)61-40-16-13-33-55(61)57-37-20-28-47-26-18-35-51(63(47)57)45-23-7-3-8-24-45/h2,4-6,9-22,25-43,45H,3,7-8,23-24H2,1H3. The van der Waals surface area contributed by atoms with Gasteiger partial charge >= 0.3 is 0 Å². The van der Waals surface area contributed by atoms with Crippen LogP contribution in [0.1, 0.15) is 67.2 Å². The van der Waals surface area contributed by atoms with Crippen LogP contribution in [-0.4, -0.2) is 0 Å². The summed E-state index contributed by atoms with van der Waals surface area (Å²) in [5.41, 5.74) is 18.5. The maximum absolute atomic E-state index is 2.57. The molecule has 1 unspecified atom stereocenters. The normalized spacial score (nSPS) is 15.8. The first-order valence-corrected chi connectivity index (χ1v) is 23.5. The van der Waals surface area contributed by atoms with E-state index in [0.717, 1.165) is 17.1 Å². The van der Waals surface area contributed by atoms with Gasteiger partial charge in [0.25, 0.3) is 0 Å². The molecule has 0 aromatic heterocycles. The highest BCUT2D eigenvalue weighted by Gasteiger charge is 2.41. The van der Waals surface area contributed by atoms with Crippen LogP contribution in [0.15, 0.2) is 224 Å². The second-order valence-electron chi connectivity index (χ2n) is 18.3. The molecule has 1 fully saturated rings. The van der Waals surface area contributed by atoms with E-state index in [4.69, 9.17) is 0 Å². The number of nitrogens with zero attached hydrogens (tertiary/aromatic N) is 1. The van der Waals surface area contributed by atoms with Gasteiger partial charge in [0, 0.05) is 22.2 Å². The summed E-state index contributed by atoms with van der Waals surface area (Å²) in [6.07, 6.45) is 6.44. The Hall–Kier alpha value is -7.48. The Morgan fingerprint density at radius 1 is 0.385 bits per heavy atom. The fraction of sp³-hybridized carbons (Fsp3) is 0.125. The third-order valence-electron chi connectivity index (χ3n) is 14.7. The lowest BCUT2D eigenvalue weighted by atomic mass is 9.74. The van der Waals surface area contributed by atoms with Gasteiger partial charge in [-0.25, -0.2) is 0 Å². The van der Waals surface area contributed by atoms with Crippen LogP contribution in [0.2, 0.25) is 0 Å². The smallest absolute Gasteiger partial charge is 0.0540 e. The monoisotopic (exact) mass is 833 g/mol. The van der Waals surface area contributed by atoms with E-state index in [-0.39, 0.29) is 5.41 Å². The molecule has 10 aromatic rings. The van der Waals surface area contributed by atoms with Crippen LogP contribution in [0.3, 0.4) is 0 Å². The summed E-state index contributed by atoms with van der Waals surface area (Å²) in [6.45, 7) is 2.42. The average Bonchev–Trinajstić information content (AvgIpc) is 3.64. The summed E-state index contributed by atoms with van der Waals surface area (Å²) in [7, 11) is 0. The largest absolute Gasteiger partial charge is 0.309 e. The number of hydrogen-bond donors (Lipinski definition) is 0. The van der Waals surface area contributed by atoms with E-state index < -0.39 is 0 Å². The third-order valence-corrected chi connectivity index (χ3v) is 14.7. The molecule has 0 N–H and O–H groups in total. The van der Waals surface area contributed by atoms with E-state index in [1.54, 1.807) is 0 Å². The Morgan fingerprint density at radius 2 is 0.892 bits per heavy atom. The molecular formula is C64H51N. The number of benzene rings is 10. The molecule has 1 nitrogen and oxygen atoms in total. The molecule has 65 heavy (non-hydrogen) atoms. The van der Waals surface area contributed by atoms with Crippen molar-refractivity contribution >= 4 is 38.6 Å². The van der Waals surface area contributed by atoms with Crippen molar-refractivity contribution in [3.63, 3.8) is 0 Å². The quantitative estimate of drug-likeness (QED) is 0.147. The lowest BCUT2D eigenvalue weighted by Crippen LogP contribution is -2.23. The maximum atomic E-state index is 2.57. The summed E-state index contributed by atoms with van der Waals surface area (Å²) in [4.78, 5) is 2.57. The average molecular weight is 834 g/mol. The SMILES string of the molecule is CC1(c2ccccc2)c2ccccc2-c2ccc(N(c3ccccc3-c3cccc4cccc(-c5ccccc5)c34)c3ccccc3-c3cccc4cccc(C5CCCCC5)c34)cc21. The Morgan fingerprint density at radius 3 is 1.57 bits per heavy atom. The minimum Gasteiger partial charge on any atom is -0.309 e. The fourth-order valence-electron chi connectivity index (χ4n) is 11.7. The molecule has 10 aromatic carbocycles. The molecule has 2 aliphatic carbocycles. The predicted octanol–water partition coefficient (Wildman–Crippen LogP) is 17.8. The first-order chi connectivity index (χ1) is 32.2. The van der Waals surface area contributed by atoms with E-state index in [2.05, 4.69) is 236 Å². The van der Waals surface area contributed by atoms with Gasteiger partial charge in [-0.3, -0.25) is 0 Å². The van der Waals surface area contributed by atoms with Crippen molar-refractivity contribution in [2.75, 3.05) is 4.90 Å². The van der Waals surface area contributed by atoms with E-state index in [1.807, 2.05) is 0 Å². The number of rotatable bonds is 8. The van der Waals surface area contributed by atoms with Crippen molar-refractivity contribution < 1.29 is 0 Å². The molecule has 2 aliphatic rings. The van der Waals surface area contributed by atoms with Gasteiger partial charge in [-0.1, -0.05) is 219 Å². The first-order valence-electron chi connectivity index (χ1n) is 23.5. The summed E-state index contributed by atoms with van der Waals surface area (Å²) < 4.78 is 0. The minimum atomic E-state index is -0.349. The van der Waals surface area contributed by atoms with Gasteiger partial charge in [0.1, 0.15) is 0 Å². The van der Waals surface area contributed by atoms with Crippen LogP contribution < -0.4 is 4.90 Å². The highest BCUT2D eigenvalue weighted by atomic mass is 15.1. The van der Waals surface area contributed by atoms with Crippen LogP contribution in [0, 0.1) is 0 Å². The van der Waals surface area contributed by atoms with Crippen molar-refractivity contribution in [1.82, 2.24) is 0 Å². The van der Waals surface area contributed by atoms with Crippen LogP contribution in [0.25, 0.3) is 66.1 Å². The van der Waals surface area contributed by atoms with E-state index in [1.165, 1.54) is 120 Å². The molecule has 0 spiro atoms. The van der Waals surface area contributed by atoms with E-state index >= 15 is 0 Å². The van der Waals surface area contributed by atoms with E-state index in [0.29, 0.717) is 5.92 Å². The Labute approximate surface area is 383 Å². The summed E-state index contributed by atoms with van der Waals surface area (Å²) >= 11 is 0. The van der Waals surface area contributed by atoms with Crippen molar-refractivity contribution in [2.45, 2.75) is 50.4 Å². The second-order valence-corrected chi connectivity index (χ2v) is 18.3. The lowest BCUT2D eigenvalue weighted by molar-refractivity contribution is 0.445. The molecule has 0 bridgehead atoms. The molecule has 0 aliphatic heterocycles. The minimum absolute atomic E-state index is 0.349. The number of anilines is 3. The van der Waals surface area contributed by atoms with Gasteiger partial charge in [-0.15, -0.1) is 0 Å². The van der Waals surface area contributed by atoms with Crippen molar-refractivity contribution in [3.8, 4) is 44.5 Å². The molecule has 1 saturated carbocycles. The summed E-state index contributed by atoms with van der Waals surface area (Å²) in [5, 5.41) is 5.19. The van der Waals surface area contributed by atoms with Crippen LogP contribution in [-0.2, 0) is 5.41 Å². The fourth-order valence-corrected chi connectivity index (χ4v) is 11.7. The van der Waals surface area contributed by atoms with E-state index in [9.17, 15) is 0 Å². The molecular weight excluding hydrogens is 783 g/mol. The molecule has 1 atom stereocenters. The number of fused-ring (bicyclic) bond motifs is 5. The molecule has 1 heteroatoms. The van der Waals surface area contributed by atoms with Crippen molar-refractivity contribution in [1.29, 1.82) is 0 Å². The molecule has 0 heterocycles. The van der Waals surface area contributed by atoms with Gasteiger partial charge in [0.15, 0.2) is 0 Å². The summed E-state index contributed by atoms with van der Waals surface area (Å²) in [6, 6.07) is 84.0. The topological polar surface area (TPSA) is 3.24 Å². The molecule has 12 rings (SSSR count). The van der Waals surface area contributed by atoms with Gasteiger partial charge in [-0.2, -0.15) is 0 Å². The van der Waals surface area contributed by atoms with Gasteiger partial charge in [0.2, 0.25) is 0 Å². The Balaban J connectivity index is 1.14.